The molecule has 0 unspecified atom stereocenters. The van der Waals surface area contributed by atoms with Gasteiger partial charge in [0.05, 0.1) is 68.9 Å². The van der Waals surface area contributed by atoms with Crippen LogP contribution in [0.25, 0.3) is 166 Å². The highest BCUT2D eigenvalue weighted by Gasteiger charge is 2.19. The van der Waals surface area contributed by atoms with Crippen LogP contribution in [-0.2, 0) is 0 Å². The number of para-hydroxylation sites is 3. The van der Waals surface area contributed by atoms with E-state index in [2.05, 4.69) is 329 Å². The Labute approximate surface area is 541 Å². The van der Waals surface area contributed by atoms with Crippen LogP contribution >= 0.6 is 0 Å². The van der Waals surface area contributed by atoms with E-state index in [1.165, 1.54) is 121 Å². The number of nitrogens with zero attached hydrogens (tertiary/aromatic N) is 8. The molecule has 0 spiro atoms. The quantitative estimate of drug-likeness (QED) is 0.144. The van der Waals surface area contributed by atoms with Gasteiger partial charge in [0.1, 0.15) is 0 Å². The summed E-state index contributed by atoms with van der Waals surface area (Å²) >= 11 is 0. The van der Waals surface area contributed by atoms with Crippen molar-refractivity contribution in [2.45, 2.75) is 0 Å². The van der Waals surface area contributed by atoms with Gasteiger partial charge in [-0.05, 0) is 177 Å². The molecule has 0 fully saturated rings. The van der Waals surface area contributed by atoms with Gasteiger partial charge in [0, 0.05) is 90.6 Å². The SMILES string of the molecule is c1ccc(-c2ccc(-n3c4ccc(-c5ccc(-c6ccc7c(c6)c6ccncc6n7-c6ccccc6)cc5)cc4c4ccncc43)cc2)cc1.c1ccc(-n2c3ccc(-c4ccc(-c5ccc6c(c5)c5ccncc5n6-c5ccccc5)cc4)cc3c3ccncc32)cc1. The monoisotopic (exact) mass is 1200 g/mol. The van der Waals surface area contributed by atoms with Crippen molar-refractivity contribution in [2.24, 2.45) is 0 Å². The highest BCUT2D eigenvalue weighted by atomic mass is 15.0. The second-order valence-electron chi connectivity index (χ2n) is 23.9. The first kappa shape index (κ1) is 54.2. The minimum absolute atomic E-state index is 1.10. The molecule has 0 N–H and O–H groups in total. The third-order valence-electron chi connectivity index (χ3n) is 18.7. The molecule has 19 aromatic rings. The Balaban J connectivity index is 0.000000139. The van der Waals surface area contributed by atoms with Crippen LogP contribution in [0.5, 0.6) is 0 Å². The molecular weight excluding hydrogens is 1150 g/mol. The van der Waals surface area contributed by atoms with E-state index in [9.17, 15) is 0 Å². The fourth-order valence-electron chi connectivity index (χ4n) is 14.2. The average molecular weight is 1200 g/mol. The summed E-state index contributed by atoms with van der Waals surface area (Å²) in [6.07, 6.45) is 15.4. The molecule has 8 heterocycles. The Hall–Kier alpha value is -12.8. The zero-order valence-corrected chi connectivity index (χ0v) is 50.9. The molecule has 0 atom stereocenters. The van der Waals surface area contributed by atoms with E-state index >= 15 is 0 Å². The van der Waals surface area contributed by atoms with Gasteiger partial charge in [-0.3, -0.25) is 19.9 Å². The lowest BCUT2D eigenvalue weighted by Gasteiger charge is -2.10. The molecule has 11 aromatic carbocycles. The van der Waals surface area contributed by atoms with Crippen molar-refractivity contribution < 1.29 is 0 Å². The standard InChI is InChI=1S/C46H30N4.C40H26N4/c1-3-7-31(8-4-1)32-15-19-38(20-16-32)50-44-22-18-36(28-42(44)40-24-26-48-30-46(40)50)34-13-11-33(12-14-34)35-17-21-43-41(27-35)39-23-25-47-29-45(39)49(43)37-9-5-2-6-10-37;1-3-7-31(8-4-1)43-37-17-15-29(23-35(37)33-19-21-41-25-39(33)43)27-11-13-28(14-12-27)30-16-18-38-36(24-30)34-20-22-42-26-40(34)44(38)32-9-5-2-6-10-32/h1-30H;1-26H. The maximum Gasteiger partial charge on any atom is 0.0724 e. The van der Waals surface area contributed by atoms with Crippen LogP contribution in [-0.4, -0.2) is 38.2 Å². The van der Waals surface area contributed by atoms with Crippen molar-refractivity contribution in [2.75, 3.05) is 0 Å². The molecule has 8 aromatic heterocycles. The smallest absolute Gasteiger partial charge is 0.0724 e. The van der Waals surface area contributed by atoms with Gasteiger partial charge in [0.2, 0.25) is 0 Å². The van der Waals surface area contributed by atoms with Crippen molar-refractivity contribution in [3.05, 3.63) is 341 Å². The molecule has 0 aliphatic heterocycles. The van der Waals surface area contributed by atoms with Crippen molar-refractivity contribution in [3.8, 4) is 78.4 Å². The zero-order chi connectivity index (χ0) is 62.1. The number of hydrogen-bond acceptors (Lipinski definition) is 4. The van der Waals surface area contributed by atoms with E-state index in [1.807, 2.05) is 49.6 Å². The van der Waals surface area contributed by atoms with E-state index in [-0.39, 0.29) is 0 Å². The van der Waals surface area contributed by atoms with Crippen LogP contribution < -0.4 is 0 Å². The zero-order valence-electron chi connectivity index (χ0n) is 50.9. The second-order valence-corrected chi connectivity index (χ2v) is 23.9. The Morgan fingerprint density at radius 2 is 0.372 bits per heavy atom. The van der Waals surface area contributed by atoms with E-state index < -0.39 is 0 Å². The van der Waals surface area contributed by atoms with E-state index in [1.54, 1.807) is 0 Å². The maximum atomic E-state index is 4.51. The predicted molar refractivity (Wildman–Crippen MR) is 389 cm³/mol. The molecule has 8 heteroatoms. The lowest BCUT2D eigenvalue weighted by atomic mass is 9.98. The Bertz CT molecular complexity index is 5870. The summed E-state index contributed by atoms with van der Waals surface area (Å²) in [5, 5.41) is 9.69. The predicted octanol–water partition coefficient (Wildman–Crippen LogP) is 21.7. The molecule has 19 rings (SSSR count). The highest BCUT2D eigenvalue weighted by molar-refractivity contribution is 6.13. The van der Waals surface area contributed by atoms with Crippen LogP contribution in [0.4, 0.5) is 0 Å². The number of rotatable bonds is 9. The van der Waals surface area contributed by atoms with Crippen LogP contribution in [0.2, 0.25) is 0 Å². The molecule has 0 saturated heterocycles. The Morgan fingerprint density at radius 1 is 0.160 bits per heavy atom. The first-order chi connectivity index (χ1) is 46.6. The summed E-state index contributed by atoms with van der Waals surface area (Å²) in [7, 11) is 0. The topological polar surface area (TPSA) is 71.3 Å². The Kier molecular flexibility index (Phi) is 13.0. The first-order valence-electron chi connectivity index (χ1n) is 31.7. The van der Waals surface area contributed by atoms with Crippen LogP contribution in [0, 0.1) is 0 Å². The number of aromatic nitrogens is 8. The number of pyridine rings is 4. The molecule has 0 saturated carbocycles. The third kappa shape index (κ3) is 9.22. The van der Waals surface area contributed by atoms with Crippen LogP contribution in [0.1, 0.15) is 0 Å². The van der Waals surface area contributed by atoms with Gasteiger partial charge in [-0.2, -0.15) is 0 Å². The summed E-state index contributed by atoms with van der Waals surface area (Å²) in [5.74, 6) is 0. The van der Waals surface area contributed by atoms with E-state index in [0.717, 1.165) is 44.8 Å². The molecule has 0 aliphatic carbocycles. The lowest BCUT2D eigenvalue weighted by molar-refractivity contribution is 1.17. The molecule has 8 nitrogen and oxygen atoms in total. The summed E-state index contributed by atoms with van der Waals surface area (Å²) in [6.45, 7) is 0. The number of fused-ring (bicyclic) bond motifs is 12. The van der Waals surface area contributed by atoms with Crippen molar-refractivity contribution in [1.82, 2.24) is 38.2 Å². The van der Waals surface area contributed by atoms with Gasteiger partial charge in [-0.15, -0.1) is 0 Å². The molecule has 0 bridgehead atoms. The van der Waals surface area contributed by atoms with Gasteiger partial charge >= 0.3 is 0 Å². The minimum atomic E-state index is 1.10. The van der Waals surface area contributed by atoms with E-state index in [4.69, 9.17) is 0 Å². The third-order valence-corrected chi connectivity index (χ3v) is 18.7. The summed E-state index contributed by atoms with van der Waals surface area (Å²) in [5.41, 5.74) is 25.6. The molecule has 94 heavy (non-hydrogen) atoms. The van der Waals surface area contributed by atoms with Crippen molar-refractivity contribution in [3.63, 3.8) is 0 Å². The highest BCUT2D eigenvalue weighted by Crippen LogP contribution is 2.41. The first-order valence-corrected chi connectivity index (χ1v) is 31.7. The van der Waals surface area contributed by atoms with Crippen LogP contribution in [0.15, 0.2) is 341 Å². The van der Waals surface area contributed by atoms with Crippen molar-refractivity contribution in [1.29, 1.82) is 0 Å². The summed E-state index contributed by atoms with van der Waals surface area (Å²) in [4.78, 5) is 17.8. The molecule has 0 aliphatic rings. The number of benzene rings is 11. The van der Waals surface area contributed by atoms with E-state index in [0.29, 0.717) is 0 Å². The molecule has 0 radical (unpaired) electrons. The number of hydrogen-bond donors (Lipinski definition) is 0. The normalized spacial score (nSPS) is 11.6. The largest absolute Gasteiger partial charge is 0.308 e. The van der Waals surface area contributed by atoms with Gasteiger partial charge < -0.3 is 18.3 Å². The van der Waals surface area contributed by atoms with Gasteiger partial charge in [-0.1, -0.05) is 170 Å². The van der Waals surface area contributed by atoms with Gasteiger partial charge in [0.25, 0.3) is 0 Å². The van der Waals surface area contributed by atoms with Crippen molar-refractivity contribution >= 4 is 87.2 Å². The van der Waals surface area contributed by atoms with Crippen LogP contribution in [0.3, 0.4) is 0 Å². The molecule has 0 amide bonds. The second kappa shape index (κ2) is 22.6. The minimum Gasteiger partial charge on any atom is -0.308 e. The average Bonchev–Trinajstić information content (AvgIpc) is 1.64. The van der Waals surface area contributed by atoms with Gasteiger partial charge in [-0.25, -0.2) is 0 Å². The maximum absolute atomic E-state index is 4.51. The summed E-state index contributed by atoms with van der Waals surface area (Å²) in [6, 6.07) is 104. The fraction of sp³-hybridized carbons (Fsp3) is 0. The lowest BCUT2D eigenvalue weighted by Crippen LogP contribution is -1.94. The molecule has 440 valence electrons. The molecular formula is C86H56N8. The fourth-order valence-corrected chi connectivity index (χ4v) is 14.2. The van der Waals surface area contributed by atoms with Gasteiger partial charge in [0.15, 0.2) is 0 Å². The summed E-state index contributed by atoms with van der Waals surface area (Å²) < 4.78 is 9.21. The Morgan fingerprint density at radius 3 is 0.649 bits per heavy atom.